The number of fused-ring (bicyclic) bond motifs is 15. The van der Waals surface area contributed by atoms with Crippen molar-refractivity contribution >= 4 is 112 Å². The molecule has 0 fully saturated rings. The molecule has 6 aromatic carbocycles. The number of amidine groups is 4. The Morgan fingerprint density at radius 3 is 0.891 bits per heavy atom. The van der Waals surface area contributed by atoms with Gasteiger partial charge in [-0.2, -0.15) is 159 Å². The van der Waals surface area contributed by atoms with Crippen LogP contribution < -0.4 is 11.0 Å². The third-order valence-electron chi connectivity index (χ3n) is 21.4. The molecule has 0 radical (unpaired) electrons. The predicted molar refractivity (Wildman–Crippen MR) is 318 cm³/mol. The number of carboxylic acid groups (broad SMARTS) is 1. The van der Waals surface area contributed by atoms with Gasteiger partial charge in [0.05, 0.1) is 44.0 Å². The summed E-state index contributed by atoms with van der Waals surface area (Å²) in [7, 11) is 0. The molecule has 1 spiro atoms. The second-order valence-electron chi connectivity index (χ2n) is 28.1. The highest BCUT2D eigenvalue weighted by Crippen LogP contribution is 2.70. The van der Waals surface area contributed by atoms with E-state index in [1.165, 1.54) is 0 Å². The molecule has 0 amide bonds. The average Bonchev–Trinajstić information content (AvgIpc) is 1.44. The number of nitrogens with zero attached hydrogens (tertiary/aromatic N) is 9. The van der Waals surface area contributed by atoms with Crippen molar-refractivity contribution in [2.75, 3.05) is 0 Å². The van der Waals surface area contributed by atoms with Crippen LogP contribution in [-0.4, -0.2) is 114 Å². The molecule has 129 heavy (non-hydrogen) atoms. The van der Waals surface area contributed by atoms with Gasteiger partial charge in [0.15, 0.2) is 69.8 Å². The van der Waals surface area contributed by atoms with Gasteiger partial charge in [-0.1, -0.05) is 20.0 Å². The standard InChI is InChI=1S/C66H7F51N9O2S/c1-49(79,56(88,89)90)21-7-8(28(68)34(74)33(73)27(7)67)22(50(2,80)57(91,92)93)14-13(21)40-119-42-15-16(24(52(82,60(100,101)102)61(103,104)105)10-9(29(69)35(75)36(76)30(10)70)23(15)51(81,58(94,95)96)59(97,98)99)43-120-44-17-18(26(54(84,64(112,113)114)65(115,116)117)12-11(31(71)37(77)38(78)32(12)72)25(17)53(83,62(106,107)108)63(109,110)111)45-122-47-39-19(20(55(85,86)87)6(129-39)3-5(4-118)48(127)128)46-121-41(14)123(40)66(124(42)43,125(44)45)126(46)47/h3H,1-2H3/q+1/p+1/b5-3+. The van der Waals surface area contributed by atoms with Gasteiger partial charge in [0.1, 0.15) is 16.3 Å². The summed E-state index contributed by atoms with van der Waals surface area (Å²) in [6.07, 6.45) is -94.6. The zero-order valence-electron chi connectivity index (χ0n) is 58.6. The first-order valence-corrected chi connectivity index (χ1v) is 33.3. The Labute approximate surface area is 668 Å². The number of aromatic nitrogens is 2. The number of thiophene rings is 1. The molecule has 6 aliphatic rings. The van der Waals surface area contributed by atoms with Crippen LogP contribution in [0.3, 0.4) is 0 Å². The van der Waals surface area contributed by atoms with Crippen molar-refractivity contribution in [3.05, 3.63) is 152 Å². The zero-order valence-corrected chi connectivity index (χ0v) is 59.5. The van der Waals surface area contributed by atoms with Crippen LogP contribution in [0.2, 0.25) is 0 Å². The molecule has 0 bridgehead atoms. The quantitative estimate of drug-likeness (QED) is 0.0406. The number of benzene rings is 6. The first kappa shape index (κ1) is 92.0. The van der Waals surface area contributed by atoms with Gasteiger partial charge in [-0.3, -0.25) is 0 Å². The van der Waals surface area contributed by atoms with Gasteiger partial charge < -0.3 is 5.11 Å². The van der Waals surface area contributed by atoms with E-state index in [0.717, 1.165) is 0 Å². The maximum absolute atomic E-state index is 18.5. The van der Waals surface area contributed by atoms with E-state index in [1.807, 2.05) is 0 Å². The fourth-order valence-electron chi connectivity index (χ4n) is 16.3. The summed E-state index contributed by atoms with van der Waals surface area (Å²) in [4.78, 5) is 21.6. The minimum Gasteiger partial charge on any atom is -0.477 e. The lowest BCUT2D eigenvalue weighted by atomic mass is 9.76. The van der Waals surface area contributed by atoms with Crippen molar-refractivity contribution in [1.29, 1.82) is 5.26 Å². The highest BCUT2D eigenvalue weighted by atomic mass is 32.1. The Bertz CT molecular complexity index is 7120. The third-order valence-corrected chi connectivity index (χ3v) is 22.5. The molecule has 0 saturated carbocycles. The van der Waals surface area contributed by atoms with Crippen LogP contribution in [0.25, 0.3) is 59.3 Å². The fraction of sp³-hybridized carbons (Fsp3) is 0.303. The maximum Gasteiger partial charge on any atom is 0.435 e. The smallest absolute Gasteiger partial charge is 0.435 e. The second kappa shape index (κ2) is 25.3. The summed E-state index contributed by atoms with van der Waals surface area (Å²) in [6, 6.07) is 0.527. The average molecular weight is 1960 g/mol. The summed E-state index contributed by atoms with van der Waals surface area (Å²) in [5.41, 5.74) is -108. The van der Waals surface area contributed by atoms with Crippen LogP contribution in [0, 0.1) is 81.1 Å². The lowest BCUT2D eigenvalue weighted by Gasteiger charge is -2.41. The molecular weight excluding hydrogens is 1950 g/mol. The number of carboxylic acids is 1. The van der Waals surface area contributed by atoms with Gasteiger partial charge in [0.25, 0.3) is 23.3 Å². The molecule has 63 heteroatoms. The van der Waals surface area contributed by atoms with Gasteiger partial charge in [0, 0.05) is 70.6 Å². The normalized spacial score (nSPS) is 18.2. The summed E-state index contributed by atoms with van der Waals surface area (Å²) >= 11 is -1.46. The topological polar surface area (TPSA) is 126 Å². The molecule has 3 aromatic heterocycles. The largest absolute Gasteiger partial charge is 0.477 e. The number of aliphatic carboxylic acids is 1. The van der Waals surface area contributed by atoms with Gasteiger partial charge in [-0.05, 0) is 19.9 Å². The Morgan fingerprint density at radius 2 is 0.605 bits per heavy atom. The SMILES string of the molecule is CC(F)(c1c2c(c(C(C)(F)C(F)(F)F)c3c(F)c(F)c(F)c(F)c13)C1=[N+]3C2=Nc2c4c(C(F)(F)F)c(/C=C(\C#N)C(=O)O)sc4c4n2C32n3c(c5c(C(F)(C(F)(F)F)C(F)(F)F)c6c(F)c(F)c(F)c(F)c6c(C(F)(C(F)(F)F)C(F)(F)F)c5c3=NC3=[N+]2C(=N4)c2c3c(C(F)(C(F)(F)F)C(F)(F)F)c3c(F)c(F)c(F)c(F)c3c2C(F)(C(F)(F)F)C(F)(F)F)=N1)C(F)(F)F. The van der Waals surface area contributed by atoms with Crippen LogP contribution >= 0.6 is 11.3 Å². The number of alkyl halides is 39. The maximum atomic E-state index is 18.5. The van der Waals surface area contributed by atoms with Gasteiger partial charge in [-0.25, -0.2) is 83.8 Å². The molecule has 11 nitrogen and oxygen atoms in total. The Hall–Kier alpha value is -11.7. The van der Waals surface area contributed by atoms with Crippen LogP contribution in [-0.2, 0) is 50.9 Å². The molecule has 1 N–H and O–H groups in total. The Kier molecular flexibility index (Phi) is 18.0. The predicted octanol–water partition coefficient (Wildman–Crippen LogP) is 22.6. The molecular formula is C66H8F51N9O2S+2. The van der Waals surface area contributed by atoms with E-state index in [0.29, 0.717) is 6.07 Å². The number of aliphatic imine (C=N–C) groups is 2. The van der Waals surface area contributed by atoms with E-state index in [-0.39, 0.29) is 0 Å². The number of halogens is 51. The first-order chi connectivity index (χ1) is 57.9. The summed E-state index contributed by atoms with van der Waals surface area (Å²) in [5.74, 6) is -84.8. The van der Waals surface area contributed by atoms with Crippen LogP contribution in [0.1, 0.15) is 79.9 Å². The second-order valence-corrected chi connectivity index (χ2v) is 29.2. The van der Waals surface area contributed by atoms with Crippen LogP contribution in [0.15, 0.2) is 25.5 Å². The summed E-state index contributed by atoms with van der Waals surface area (Å²) in [6.45, 7) is -2.85. The van der Waals surface area contributed by atoms with Crippen LogP contribution in [0.4, 0.5) is 236 Å². The zero-order chi connectivity index (χ0) is 97.7. The number of carbonyl (C=O) groups is 1. The molecule has 9 heterocycles. The van der Waals surface area contributed by atoms with Crippen LogP contribution in [0.5, 0.6) is 0 Å². The molecule has 3 unspecified atom stereocenters. The number of nitriles is 1. The third kappa shape index (κ3) is 10.4. The lowest BCUT2D eigenvalue weighted by Crippen LogP contribution is -2.71. The number of hydrogen-bond donors (Lipinski definition) is 1. The van der Waals surface area contributed by atoms with Crippen molar-refractivity contribution < 1.29 is 243 Å². The van der Waals surface area contributed by atoms with Crippen molar-refractivity contribution in [3.63, 3.8) is 0 Å². The van der Waals surface area contributed by atoms with E-state index in [1.54, 1.807) is 0 Å². The molecule has 15 rings (SSSR count). The van der Waals surface area contributed by atoms with E-state index < -0.39 is 404 Å². The Balaban J connectivity index is 1.50. The number of rotatable bonds is 8. The van der Waals surface area contributed by atoms with E-state index >= 15 is 224 Å². The van der Waals surface area contributed by atoms with Crippen molar-refractivity contribution in [2.45, 2.75) is 122 Å². The molecule has 3 atom stereocenters. The molecule has 690 valence electrons. The highest BCUT2D eigenvalue weighted by Gasteiger charge is 2.84. The van der Waals surface area contributed by atoms with Crippen molar-refractivity contribution in [1.82, 2.24) is 9.13 Å². The monoisotopic (exact) mass is 1960 g/mol. The minimum absolute atomic E-state index is 0.527. The molecule has 0 saturated heterocycles. The van der Waals surface area contributed by atoms with Crippen molar-refractivity contribution in [2.24, 2.45) is 20.0 Å². The molecule has 9 aromatic rings. The molecule has 6 aliphatic heterocycles. The summed E-state index contributed by atoms with van der Waals surface area (Å²) in [5, 5.41) is -19.2. The van der Waals surface area contributed by atoms with E-state index in [9.17, 15) is 15.2 Å². The van der Waals surface area contributed by atoms with E-state index in [2.05, 4.69) is 20.0 Å². The number of hydrogen-bond acceptors (Lipinski definition) is 7. The van der Waals surface area contributed by atoms with E-state index in [4.69, 9.17) is 0 Å². The van der Waals surface area contributed by atoms with Gasteiger partial charge >= 0.3 is 102 Å². The Morgan fingerprint density at radius 1 is 0.341 bits per heavy atom. The molecule has 0 aliphatic carbocycles. The first-order valence-electron chi connectivity index (χ1n) is 32.5. The lowest BCUT2D eigenvalue weighted by molar-refractivity contribution is -0.790. The summed E-state index contributed by atoms with van der Waals surface area (Å²) < 4.78 is 842. The minimum atomic E-state index is -8.96. The van der Waals surface area contributed by atoms with Gasteiger partial charge in [0.2, 0.25) is 33.9 Å². The van der Waals surface area contributed by atoms with Crippen molar-refractivity contribution in [3.8, 4) is 6.07 Å². The van der Waals surface area contributed by atoms with Gasteiger partial charge in [-0.15, -0.1) is 20.5 Å². The highest BCUT2D eigenvalue weighted by molar-refractivity contribution is 7.21. The fourth-order valence-corrected chi connectivity index (χ4v) is 17.5.